The third-order valence-electron chi connectivity index (χ3n) is 6.47. The Morgan fingerprint density at radius 2 is 1.89 bits per heavy atom. The molecule has 2 aromatic rings. The first kappa shape index (κ1) is 23.0. The molecule has 2 N–H and O–H groups in total. The second-order valence-electron chi connectivity index (χ2n) is 8.73. The molecule has 0 aliphatic carbocycles. The summed E-state index contributed by atoms with van der Waals surface area (Å²) < 4.78 is 16.3. The first-order valence-corrected chi connectivity index (χ1v) is 11.7. The van der Waals surface area contributed by atoms with E-state index in [1.807, 2.05) is 12.1 Å². The molecule has 10 heteroatoms. The van der Waals surface area contributed by atoms with Crippen molar-refractivity contribution in [2.45, 2.75) is 31.5 Å². The third-order valence-corrected chi connectivity index (χ3v) is 6.47. The Morgan fingerprint density at radius 3 is 2.66 bits per heavy atom. The number of fused-ring (bicyclic) bond motifs is 2. The van der Waals surface area contributed by atoms with Crippen LogP contribution in [0.3, 0.4) is 0 Å². The number of carbonyl (C=O) groups is 3. The Labute approximate surface area is 203 Å². The Kier molecular flexibility index (Phi) is 6.45. The summed E-state index contributed by atoms with van der Waals surface area (Å²) in [5, 5.41) is 6.08. The van der Waals surface area contributed by atoms with E-state index in [0.717, 1.165) is 12.0 Å². The first-order valence-electron chi connectivity index (χ1n) is 11.7. The van der Waals surface area contributed by atoms with Gasteiger partial charge in [0, 0.05) is 11.8 Å². The van der Waals surface area contributed by atoms with Crippen LogP contribution >= 0.6 is 0 Å². The summed E-state index contributed by atoms with van der Waals surface area (Å²) in [6.07, 6.45) is 1.48. The summed E-state index contributed by atoms with van der Waals surface area (Å²) in [6, 6.07) is 11.0. The van der Waals surface area contributed by atoms with Crippen molar-refractivity contribution in [3.8, 4) is 17.2 Å². The molecule has 3 aliphatic heterocycles. The van der Waals surface area contributed by atoms with Gasteiger partial charge in [-0.05, 0) is 49.2 Å². The van der Waals surface area contributed by atoms with E-state index in [-0.39, 0.29) is 30.9 Å². The minimum atomic E-state index is -0.540. The van der Waals surface area contributed by atoms with Gasteiger partial charge in [-0.3, -0.25) is 14.5 Å². The fraction of sp³-hybridized carbons (Fsp3) is 0.400. The molecular weight excluding hydrogens is 452 g/mol. The van der Waals surface area contributed by atoms with E-state index < -0.39 is 12.1 Å². The lowest BCUT2D eigenvalue weighted by molar-refractivity contribution is -0.138. The van der Waals surface area contributed by atoms with Gasteiger partial charge < -0.3 is 29.7 Å². The van der Waals surface area contributed by atoms with E-state index in [1.54, 1.807) is 37.4 Å². The van der Waals surface area contributed by atoms with Gasteiger partial charge in [0.1, 0.15) is 31.5 Å². The smallest absolute Gasteiger partial charge is 0.327 e. The molecule has 0 saturated carbocycles. The maximum absolute atomic E-state index is 13.5. The van der Waals surface area contributed by atoms with Crippen LogP contribution in [0.25, 0.3) is 0 Å². The highest BCUT2D eigenvalue weighted by molar-refractivity contribution is 6.03. The number of benzene rings is 2. The average molecular weight is 481 g/mol. The Bertz CT molecular complexity index is 1120. The van der Waals surface area contributed by atoms with Crippen molar-refractivity contribution in [3.05, 3.63) is 48.0 Å². The standard InChI is InChI=1S/C25H28N4O6/c1-33-18-7-4-16(5-8-18)14-29-24(31)23-19(3-2-10-26-23)28(25(29)32)15-22(30)27-17-6-9-20-21(13-17)35-12-11-34-20/h4-9,13,19,23,26H,2-3,10-12,14-15H2,1H3,(H,27,30). The number of nitrogens with one attached hydrogen (secondary N) is 2. The van der Waals surface area contributed by atoms with Crippen molar-refractivity contribution in [2.24, 2.45) is 0 Å². The van der Waals surface area contributed by atoms with E-state index in [1.165, 1.54) is 9.80 Å². The number of amides is 4. The minimum Gasteiger partial charge on any atom is -0.497 e. The molecule has 4 amide bonds. The zero-order chi connectivity index (χ0) is 24.4. The number of urea groups is 1. The number of hydrogen-bond donors (Lipinski definition) is 2. The molecule has 3 aliphatic rings. The van der Waals surface area contributed by atoms with E-state index in [2.05, 4.69) is 10.6 Å². The van der Waals surface area contributed by atoms with Gasteiger partial charge >= 0.3 is 6.03 Å². The van der Waals surface area contributed by atoms with Crippen LogP contribution in [0.1, 0.15) is 18.4 Å². The van der Waals surface area contributed by atoms with Gasteiger partial charge in [-0.25, -0.2) is 4.79 Å². The molecule has 5 rings (SSSR count). The lowest BCUT2D eigenvalue weighted by Gasteiger charge is -2.46. The number of carbonyl (C=O) groups excluding carboxylic acids is 3. The molecule has 2 aromatic carbocycles. The molecule has 0 aromatic heterocycles. The minimum absolute atomic E-state index is 0.118. The molecule has 0 spiro atoms. The molecule has 0 radical (unpaired) electrons. The van der Waals surface area contributed by atoms with Crippen LogP contribution < -0.4 is 24.8 Å². The normalized spacial score (nSPS) is 21.4. The summed E-state index contributed by atoms with van der Waals surface area (Å²) in [6.45, 7) is 1.57. The Hall–Kier alpha value is -3.79. The quantitative estimate of drug-likeness (QED) is 0.651. The summed E-state index contributed by atoms with van der Waals surface area (Å²) in [7, 11) is 1.58. The highest BCUT2D eigenvalue weighted by Crippen LogP contribution is 2.33. The molecule has 10 nitrogen and oxygen atoms in total. The molecule has 2 atom stereocenters. The van der Waals surface area contributed by atoms with E-state index in [4.69, 9.17) is 14.2 Å². The molecule has 2 saturated heterocycles. The summed E-state index contributed by atoms with van der Waals surface area (Å²) in [4.78, 5) is 42.4. The lowest BCUT2D eigenvalue weighted by atomic mass is 9.93. The number of methoxy groups -OCH3 is 1. The van der Waals surface area contributed by atoms with Crippen LogP contribution in [0.2, 0.25) is 0 Å². The number of rotatable bonds is 6. The van der Waals surface area contributed by atoms with Gasteiger partial charge in [-0.15, -0.1) is 0 Å². The van der Waals surface area contributed by atoms with Gasteiger partial charge in [0.25, 0.3) is 0 Å². The second-order valence-corrected chi connectivity index (χ2v) is 8.73. The van der Waals surface area contributed by atoms with Crippen LogP contribution in [0.15, 0.2) is 42.5 Å². The van der Waals surface area contributed by atoms with Crippen molar-refractivity contribution >= 4 is 23.5 Å². The van der Waals surface area contributed by atoms with Crippen LogP contribution in [-0.2, 0) is 16.1 Å². The third kappa shape index (κ3) is 4.74. The first-order chi connectivity index (χ1) is 17.0. The zero-order valence-corrected chi connectivity index (χ0v) is 19.5. The molecule has 3 heterocycles. The van der Waals surface area contributed by atoms with Crippen molar-refractivity contribution in [1.29, 1.82) is 0 Å². The van der Waals surface area contributed by atoms with Crippen molar-refractivity contribution < 1.29 is 28.6 Å². The van der Waals surface area contributed by atoms with E-state index in [0.29, 0.717) is 49.1 Å². The topological polar surface area (TPSA) is 109 Å². The lowest BCUT2D eigenvalue weighted by Crippen LogP contribution is -2.70. The molecule has 184 valence electrons. The molecule has 35 heavy (non-hydrogen) atoms. The fourth-order valence-electron chi connectivity index (χ4n) is 4.74. The van der Waals surface area contributed by atoms with Crippen LogP contribution in [0, 0.1) is 0 Å². The fourth-order valence-corrected chi connectivity index (χ4v) is 4.74. The number of nitrogens with zero attached hydrogens (tertiary/aromatic N) is 2. The maximum atomic E-state index is 13.5. The van der Waals surface area contributed by atoms with Gasteiger partial charge in [0.2, 0.25) is 11.8 Å². The van der Waals surface area contributed by atoms with Crippen molar-refractivity contribution in [3.63, 3.8) is 0 Å². The van der Waals surface area contributed by atoms with Gasteiger partial charge in [0.15, 0.2) is 11.5 Å². The van der Waals surface area contributed by atoms with Gasteiger partial charge in [0.05, 0.1) is 19.7 Å². The zero-order valence-electron chi connectivity index (χ0n) is 19.5. The SMILES string of the molecule is COc1ccc(CN2C(=O)C3NCCCC3N(CC(=O)Nc3ccc4c(c3)OCCO4)C2=O)cc1. The number of imide groups is 1. The highest BCUT2D eigenvalue weighted by atomic mass is 16.6. The number of hydrogen-bond acceptors (Lipinski definition) is 7. The number of ether oxygens (including phenoxy) is 3. The van der Waals surface area contributed by atoms with Crippen molar-refractivity contribution in [2.75, 3.05) is 38.7 Å². The maximum Gasteiger partial charge on any atom is 0.327 e. The van der Waals surface area contributed by atoms with Gasteiger partial charge in [-0.1, -0.05) is 12.1 Å². The Balaban J connectivity index is 1.32. The second kappa shape index (κ2) is 9.83. The highest BCUT2D eigenvalue weighted by Gasteiger charge is 2.47. The molecular formula is C25H28N4O6. The summed E-state index contributed by atoms with van der Waals surface area (Å²) >= 11 is 0. The van der Waals surface area contributed by atoms with Crippen LogP contribution in [0.5, 0.6) is 17.2 Å². The number of piperidine rings is 1. The predicted molar refractivity (Wildman–Crippen MR) is 127 cm³/mol. The van der Waals surface area contributed by atoms with Crippen molar-refractivity contribution in [1.82, 2.24) is 15.1 Å². The monoisotopic (exact) mass is 480 g/mol. The molecule has 0 bridgehead atoms. The van der Waals surface area contributed by atoms with Gasteiger partial charge in [-0.2, -0.15) is 0 Å². The largest absolute Gasteiger partial charge is 0.497 e. The van der Waals surface area contributed by atoms with Crippen LogP contribution in [-0.4, -0.2) is 73.1 Å². The summed E-state index contributed by atoms with van der Waals surface area (Å²) in [5.41, 5.74) is 1.34. The molecule has 2 fully saturated rings. The molecule has 2 unspecified atom stereocenters. The Morgan fingerprint density at radius 1 is 1.11 bits per heavy atom. The van der Waals surface area contributed by atoms with E-state index >= 15 is 0 Å². The van der Waals surface area contributed by atoms with Crippen LogP contribution in [0.4, 0.5) is 10.5 Å². The number of anilines is 1. The average Bonchev–Trinajstić information content (AvgIpc) is 2.89. The predicted octanol–water partition coefficient (Wildman–Crippen LogP) is 1.99. The van der Waals surface area contributed by atoms with E-state index in [9.17, 15) is 14.4 Å². The summed E-state index contributed by atoms with van der Waals surface area (Å²) in [5.74, 6) is 1.27.